The number of aromatic nitrogens is 2. The number of furan rings is 1. The lowest BCUT2D eigenvalue weighted by Crippen LogP contribution is -2.13. The van der Waals surface area contributed by atoms with Gasteiger partial charge < -0.3 is 14.5 Å². The lowest BCUT2D eigenvalue weighted by Gasteiger charge is -2.06. The number of nitrogens with zero attached hydrogens (tertiary/aromatic N) is 1. The number of rotatable bonds is 3. The molecule has 84 valence electrons. The number of aliphatic hydroxyl groups excluding tert-OH is 1. The molecule has 16 heavy (non-hydrogen) atoms. The van der Waals surface area contributed by atoms with Crippen molar-refractivity contribution < 1.29 is 9.52 Å². The van der Waals surface area contributed by atoms with E-state index in [-0.39, 0.29) is 12.0 Å². The van der Waals surface area contributed by atoms with E-state index in [2.05, 4.69) is 9.97 Å². The molecule has 4 heteroatoms. The van der Waals surface area contributed by atoms with E-state index >= 15 is 0 Å². The molecule has 1 aliphatic rings. The fourth-order valence-electron chi connectivity index (χ4n) is 1.92. The molecule has 4 nitrogen and oxygen atoms in total. The Morgan fingerprint density at radius 2 is 2.31 bits per heavy atom. The Bertz CT molecular complexity index is 509. The number of H-pyrrole nitrogens is 1. The summed E-state index contributed by atoms with van der Waals surface area (Å²) in [6.07, 6.45) is 3.78. The smallest absolute Gasteiger partial charge is 0.152 e. The third-order valence-electron chi connectivity index (χ3n) is 3.24. The van der Waals surface area contributed by atoms with Crippen LogP contribution in [0.1, 0.15) is 24.4 Å². The molecule has 1 fully saturated rings. The van der Waals surface area contributed by atoms with Crippen molar-refractivity contribution in [3.8, 4) is 11.5 Å². The number of hydrogen-bond donors (Lipinski definition) is 2. The van der Waals surface area contributed by atoms with E-state index in [1.54, 1.807) is 6.20 Å². The van der Waals surface area contributed by atoms with Gasteiger partial charge in [0, 0.05) is 0 Å². The third-order valence-corrected chi connectivity index (χ3v) is 3.24. The van der Waals surface area contributed by atoms with Crippen LogP contribution in [-0.4, -0.2) is 21.7 Å². The SMILES string of the molecule is Cc1ccc(-c2cnc(C3(CO)CC3)[nH]2)o1. The molecular formula is C12H14N2O2. The summed E-state index contributed by atoms with van der Waals surface area (Å²) in [6, 6.07) is 3.85. The van der Waals surface area contributed by atoms with E-state index in [0.29, 0.717) is 0 Å². The molecule has 2 N–H and O–H groups in total. The highest BCUT2D eigenvalue weighted by atomic mass is 16.3. The fourth-order valence-corrected chi connectivity index (χ4v) is 1.92. The second-order valence-corrected chi connectivity index (χ2v) is 4.49. The molecule has 2 aromatic heterocycles. The highest BCUT2D eigenvalue weighted by molar-refractivity contribution is 5.52. The van der Waals surface area contributed by atoms with Crippen LogP contribution in [0, 0.1) is 6.92 Å². The maximum Gasteiger partial charge on any atom is 0.152 e. The Hall–Kier alpha value is -1.55. The first-order valence-corrected chi connectivity index (χ1v) is 5.47. The Kier molecular flexibility index (Phi) is 1.94. The molecule has 3 rings (SSSR count). The summed E-state index contributed by atoms with van der Waals surface area (Å²) < 4.78 is 5.52. The molecule has 1 saturated carbocycles. The fraction of sp³-hybridized carbons (Fsp3) is 0.417. The van der Waals surface area contributed by atoms with E-state index in [1.807, 2.05) is 19.1 Å². The van der Waals surface area contributed by atoms with E-state index in [4.69, 9.17) is 4.42 Å². The summed E-state index contributed by atoms with van der Waals surface area (Å²) >= 11 is 0. The monoisotopic (exact) mass is 218 g/mol. The highest BCUT2D eigenvalue weighted by Gasteiger charge is 2.46. The van der Waals surface area contributed by atoms with Gasteiger partial charge in [-0.05, 0) is 31.9 Å². The standard InChI is InChI=1S/C12H14N2O2/c1-8-2-3-10(16-8)9-6-13-11(14-9)12(7-15)4-5-12/h2-3,6,15H,4-5,7H2,1H3,(H,13,14). The minimum Gasteiger partial charge on any atom is -0.460 e. The third kappa shape index (κ3) is 1.38. The van der Waals surface area contributed by atoms with Crippen molar-refractivity contribution in [1.29, 1.82) is 0 Å². The van der Waals surface area contributed by atoms with Crippen LogP contribution in [0.25, 0.3) is 11.5 Å². The molecule has 0 aliphatic heterocycles. The molecule has 0 amide bonds. The Balaban J connectivity index is 1.94. The van der Waals surface area contributed by atoms with Gasteiger partial charge >= 0.3 is 0 Å². The average Bonchev–Trinajstić information content (AvgIpc) is 2.74. The van der Waals surface area contributed by atoms with Crippen molar-refractivity contribution in [2.45, 2.75) is 25.2 Å². The average molecular weight is 218 g/mol. The van der Waals surface area contributed by atoms with Crippen LogP contribution in [-0.2, 0) is 5.41 Å². The summed E-state index contributed by atoms with van der Waals surface area (Å²) in [5.74, 6) is 2.55. The van der Waals surface area contributed by atoms with Gasteiger partial charge in [-0.1, -0.05) is 0 Å². The van der Waals surface area contributed by atoms with E-state index in [0.717, 1.165) is 35.9 Å². The minimum absolute atomic E-state index is 0.111. The van der Waals surface area contributed by atoms with Crippen LogP contribution in [0.4, 0.5) is 0 Å². The summed E-state index contributed by atoms with van der Waals surface area (Å²) in [5, 5.41) is 9.31. The molecule has 0 bridgehead atoms. The van der Waals surface area contributed by atoms with Crippen molar-refractivity contribution in [3.63, 3.8) is 0 Å². The predicted octanol–water partition coefficient (Wildman–Crippen LogP) is 2.00. The van der Waals surface area contributed by atoms with Gasteiger partial charge in [0.2, 0.25) is 0 Å². The molecular weight excluding hydrogens is 204 g/mol. The zero-order valence-electron chi connectivity index (χ0n) is 9.16. The highest BCUT2D eigenvalue weighted by Crippen LogP contribution is 2.46. The van der Waals surface area contributed by atoms with Gasteiger partial charge in [-0.2, -0.15) is 0 Å². The summed E-state index contributed by atoms with van der Waals surface area (Å²) in [7, 11) is 0. The molecule has 0 saturated heterocycles. The number of imidazole rings is 1. The van der Waals surface area contributed by atoms with E-state index in [9.17, 15) is 5.11 Å². The molecule has 0 atom stereocenters. The summed E-state index contributed by atoms with van der Waals surface area (Å²) in [4.78, 5) is 7.56. The number of nitrogens with one attached hydrogen (secondary N) is 1. The van der Waals surface area contributed by atoms with Gasteiger partial charge in [0.15, 0.2) is 5.76 Å². The number of aryl methyl sites for hydroxylation is 1. The van der Waals surface area contributed by atoms with Gasteiger partial charge in [0.25, 0.3) is 0 Å². The Morgan fingerprint density at radius 1 is 1.50 bits per heavy atom. The van der Waals surface area contributed by atoms with Gasteiger partial charge in [0.05, 0.1) is 18.2 Å². The van der Waals surface area contributed by atoms with Gasteiger partial charge in [0.1, 0.15) is 17.3 Å². The summed E-state index contributed by atoms with van der Waals surface area (Å²) in [6.45, 7) is 2.08. The molecule has 0 unspecified atom stereocenters. The van der Waals surface area contributed by atoms with E-state index < -0.39 is 0 Å². The largest absolute Gasteiger partial charge is 0.460 e. The van der Waals surface area contributed by atoms with Crippen LogP contribution in [0.2, 0.25) is 0 Å². The Morgan fingerprint density at radius 3 is 2.88 bits per heavy atom. The molecule has 2 heterocycles. The Labute approximate surface area is 93.3 Å². The minimum atomic E-state index is -0.111. The van der Waals surface area contributed by atoms with Crippen molar-refractivity contribution in [2.75, 3.05) is 6.61 Å². The molecule has 1 aliphatic carbocycles. The van der Waals surface area contributed by atoms with Crippen LogP contribution in [0.5, 0.6) is 0 Å². The lowest BCUT2D eigenvalue weighted by molar-refractivity contribution is 0.250. The van der Waals surface area contributed by atoms with Crippen molar-refractivity contribution in [3.05, 3.63) is 29.9 Å². The predicted molar refractivity (Wildman–Crippen MR) is 59.0 cm³/mol. The normalized spacial score (nSPS) is 17.6. The first-order valence-electron chi connectivity index (χ1n) is 5.47. The van der Waals surface area contributed by atoms with Gasteiger partial charge in [-0.15, -0.1) is 0 Å². The van der Waals surface area contributed by atoms with Crippen molar-refractivity contribution in [1.82, 2.24) is 9.97 Å². The molecule has 0 radical (unpaired) electrons. The molecule has 0 spiro atoms. The number of aliphatic hydroxyl groups is 1. The molecule has 2 aromatic rings. The maximum atomic E-state index is 9.31. The van der Waals surface area contributed by atoms with Crippen molar-refractivity contribution >= 4 is 0 Å². The number of hydrogen-bond acceptors (Lipinski definition) is 3. The zero-order chi connectivity index (χ0) is 11.2. The van der Waals surface area contributed by atoms with Crippen LogP contribution in [0.3, 0.4) is 0 Å². The van der Waals surface area contributed by atoms with Gasteiger partial charge in [-0.25, -0.2) is 4.98 Å². The lowest BCUT2D eigenvalue weighted by atomic mass is 10.1. The van der Waals surface area contributed by atoms with Crippen LogP contribution in [0.15, 0.2) is 22.7 Å². The zero-order valence-corrected chi connectivity index (χ0v) is 9.16. The second kappa shape index (κ2) is 3.22. The van der Waals surface area contributed by atoms with E-state index in [1.165, 1.54) is 0 Å². The van der Waals surface area contributed by atoms with Crippen LogP contribution < -0.4 is 0 Å². The first-order chi connectivity index (χ1) is 7.73. The van der Waals surface area contributed by atoms with Gasteiger partial charge in [-0.3, -0.25) is 0 Å². The van der Waals surface area contributed by atoms with Crippen LogP contribution >= 0.6 is 0 Å². The first kappa shape index (κ1) is 9.66. The quantitative estimate of drug-likeness (QED) is 0.828. The topological polar surface area (TPSA) is 62.1 Å². The second-order valence-electron chi connectivity index (χ2n) is 4.49. The summed E-state index contributed by atoms with van der Waals surface area (Å²) in [5.41, 5.74) is 0.766. The molecule has 0 aromatic carbocycles. The van der Waals surface area contributed by atoms with Crippen molar-refractivity contribution in [2.24, 2.45) is 0 Å². The maximum absolute atomic E-state index is 9.31. The number of aromatic amines is 1.